The van der Waals surface area contributed by atoms with E-state index in [0.717, 1.165) is 37.6 Å². The van der Waals surface area contributed by atoms with Crippen LogP contribution in [-0.4, -0.2) is 56.7 Å². The lowest BCUT2D eigenvalue weighted by atomic mass is 10.1. The summed E-state index contributed by atoms with van der Waals surface area (Å²) in [7, 11) is 1.71. The van der Waals surface area contributed by atoms with Crippen LogP contribution in [0.2, 0.25) is 0 Å². The first-order valence-electron chi connectivity index (χ1n) is 10.1. The molecule has 1 aromatic carbocycles. The summed E-state index contributed by atoms with van der Waals surface area (Å²) in [5, 5.41) is 7.02. The molecule has 1 fully saturated rings. The molecular weight excluding hydrogens is 451 g/mol. The Balaban J connectivity index is 0.00000364. The Morgan fingerprint density at radius 2 is 2.04 bits per heavy atom. The molecule has 0 saturated carbocycles. The minimum absolute atomic E-state index is 0. The number of nitrogens with zero attached hydrogens (tertiary/aromatic N) is 2. The Hall–Kier alpha value is -1.02. The van der Waals surface area contributed by atoms with E-state index in [2.05, 4.69) is 41.5 Å². The molecule has 0 radical (unpaired) electrons. The molecule has 1 heterocycles. The summed E-state index contributed by atoms with van der Waals surface area (Å²) in [5.41, 5.74) is 1.31. The van der Waals surface area contributed by atoms with Crippen LogP contribution in [0.15, 0.2) is 29.3 Å². The van der Waals surface area contributed by atoms with E-state index in [-0.39, 0.29) is 24.0 Å². The number of methoxy groups -OCH3 is 1. The fraction of sp³-hybridized carbons (Fsp3) is 0.667. The topological polar surface area (TPSA) is 48.9 Å². The van der Waals surface area contributed by atoms with Gasteiger partial charge in [0.15, 0.2) is 5.96 Å². The average molecular weight is 488 g/mol. The molecule has 0 spiro atoms. The Bertz CT molecular complexity index is 545. The maximum Gasteiger partial charge on any atom is 0.191 e. The fourth-order valence-corrected chi connectivity index (χ4v) is 3.43. The Labute approximate surface area is 182 Å². The Kier molecular flexibility index (Phi) is 12.5. The van der Waals surface area contributed by atoms with Crippen LogP contribution in [0, 0.1) is 0 Å². The SMILES string of the molecule is CCCN1CCC(NC(=NCCCc2cccc(OC)c2)NCC)CC1.I. The van der Waals surface area contributed by atoms with Gasteiger partial charge in [0.05, 0.1) is 7.11 Å². The lowest BCUT2D eigenvalue weighted by molar-refractivity contribution is 0.206. The highest BCUT2D eigenvalue weighted by Gasteiger charge is 2.19. The quantitative estimate of drug-likeness (QED) is 0.241. The number of guanidine groups is 1. The van der Waals surface area contributed by atoms with Gasteiger partial charge in [0.1, 0.15) is 5.75 Å². The minimum Gasteiger partial charge on any atom is -0.497 e. The summed E-state index contributed by atoms with van der Waals surface area (Å²) in [5.74, 6) is 1.89. The van der Waals surface area contributed by atoms with Gasteiger partial charge in [-0.05, 0) is 63.3 Å². The lowest BCUT2D eigenvalue weighted by Gasteiger charge is -2.32. The van der Waals surface area contributed by atoms with Gasteiger partial charge in [0.25, 0.3) is 0 Å². The predicted octanol–water partition coefficient (Wildman–Crippen LogP) is 3.68. The number of piperidine rings is 1. The van der Waals surface area contributed by atoms with Crippen LogP contribution < -0.4 is 15.4 Å². The molecule has 154 valence electrons. The van der Waals surface area contributed by atoms with Gasteiger partial charge >= 0.3 is 0 Å². The first-order chi connectivity index (χ1) is 12.7. The molecule has 0 unspecified atom stereocenters. The summed E-state index contributed by atoms with van der Waals surface area (Å²) >= 11 is 0. The molecule has 6 heteroatoms. The van der Waals surface area contributed by atoms with Crippen molar-refractivity contribution in [3.63, 3.8) is 0 Å². The third-order valence-electron chi connectivity index (χ3n) is 4.84. The van der Waals surface area contributed by atoms with E-state index in [1.165, 1.54) is 44.5 Å². The van der Waals surface area contributed by atoms with Crippen molar-refractivity contribution in [1.29, 1.82) is 0 Å². The molecule has 2 rings (SSSR count). The van der Waals surface area contributed by atoms with Gasteiger partial charge in [0, 0.05) is 32.2 Å². The van der Waals surface area contributed by atoms with E-state index < -0.39 is 0 Å². The lowest BCUT2D eigenvalue weighted by Crippen LogP contribution is -2.48. The van der Waals surface area contributed by atoms with Crippen LogP contribution in [0.3, 0.4) is 0 Å². The van der Waals surface area contributed by atoms with Gasteiger partial charge in [-0.25, -0.2) is 0 Å². The van der Waals surface area contributed by atoms with Gasteiger partial charge in [-0.3, -0.25) is 4.99 Å². The first-order valence-corrected chi connectivity index (χ1v) is 10.1. The van der Waals surface area contributed by atoms with Crippen LogP contribution in [0.25, 0.3) is 0 Å². The largest absolute Gasteiger partial charge is 0.497 e. The number of nitrogens with one attached hydrogen (secondary N) is 2. The van der Waals surface area contributed by atoms with Crippen molar-refractivity contribution in [3.8, 4) is 5.75 Å². The molecule has 2 N–H and O–H groups in total. The van der Waals surface area contributed by atoms with Crippen molar-refractivity contribution in [2.75, 3.05) is 39.8 Å². The number of benzene rings is 1. The number of likely N-dealkylation sites (tertiary alicyclic amines) is 1. The second-order valence-corrected chi connectivity index (χ2v) is 6.98. The number of hydrogen-bond donors (Lipinski definition) is 2. The highest BCUT2D eigenvalue weighted by molar-refractivity contribution is 14.0. The highest BCUT2D eigenvalue weighted by Crippen LogP contribution is 2.14. The van der Waals surface area contributed by atoms with E-state index in [4.69, 9.17) is 9.73 Å². The van der Waals surface area contributed by atoms with E-state index in [0.29, 0.717) is 6.04 Å². The van der Waals surface area contributed by atoms with Crippen LogP contribution in [0.5, 0.6) is 5.75 Å². The predicted molar refractivity (Wildman–Crippen MR) is 126 cm³/mol. The molecule has 1 aromatic rings. The number of ether oxygens (including phenoxy) is 1. The van der Waals surface area contributed by atoms with Gasteiger partial charge in [-0.15, -0.1) is 24.0 Å². The van der Waals surface area contributed by atoms with Crippen molar-refractivity contribution in [1.82, 2.24) is 15.5 Å². The maximum absolute atomic E-state index is 5.29. The molecule has 5 nitrogen and oxygen atoms in total. The fourth-order valence-electron chi connectivity index (χ4n) is 3.43. The van der Waals surface area contributed by atoms with E-state index in [9.17, 15) is 0 Å². The van der Waals surface area contributed by atoms with Crippen LogP contribution in [0.1, 0.15) is 45.1 Å². The summed E-state index contributed by atoms with van der Waals surface area (Å²) in [4.78, 5) is 7.34. The Morgan fingerprint density at radius 1 is 1.26 bits per heavy atom. The average Bonchev–Trinajstić information content (AvgIpc) is 2.67. The van der Waals surface area contributed by atoms with Gasteiger partial charge in [-0.1, -0.05) is 19.1 Å². The monoisotopic (exact) mass is 488 g/mol. The standard InChI is InChI=1S/C21H36N4O.HI/c1-4-14-25-15-11-19(12-16-25)24-21(22-5-2)23-13-7-9-18-8-6-10-20(17-18)26-3;/h6,8,10,17,19H,4-5,7,9,11-16H2,1-3H3,(H2,22,23,24);1H. The minimum atomic E-state index is 0. The number of halogens is 1. The summed E-state index contributed by atoms with van der Waals surface area (Å²) in [6.07, 6.45) is 5.71. The first kappa shape index (κ1) is 24.0. The van der Waals surface area contributed by atoms with Gasteiger partial charge in [-0.2, -0.15) is 0 Å². The van der Waals surface area contributed by atoms with Gasteiger partial charge < -0.3 is 20.3 Å². The van der Waals surface area contributed by atoms with Crippen molar-refractivity contribution in [2.24, 2.45) is 4.99 Å². The molecule has 1 saturated heterocycles. The summed E-state index contributed by atoms with van der Waals surface area (Å²) < 4.78 is 5.29. The second-order valence-electron chi connectivity index (χ2n) is 6.98. The van der Waals surface area contributed by atoms with Crippen molar-refractivity contribution >= 4 is 29.9 Å². The summed E-state index contributed by atoms with van der Waals surface area (Å²) in [6.45, 7) is 9.73. The van der Waals surface area contributed by atoms with Crippen molar-refractivity contribution in [3.05, 3.63) is 29.8 Å². The van der Waals surface area contributed by atoms with E-state index >= 15 is 0 Å². The summed E-state index contributed by atoms with van der Waals surface area (Å²) in [6, 6.07) is 8.84. The third kappa shape index (κ3) is 9.14. The molecule has 0 aliphatic carbocycles. The van der Waals surface area contributed by atoms with E-state index in [1.807, 2.05) is 12.1 Å². The number of aliphatic imine (C=N–C) groups is 1. The molecule has 0 aromatic heterocycles. The zero-order valence-electron chi connectivity index (χ0n) is 17.2. The van der Waals surface area contributed by atoms with Crippen LogP contribution >= 0.6 is 24.0 Å². The zero-order chi connectivity index (χ0) is 18.6. The number of rotatable bonds is 9. The maximum atomic E-state index is 5.29. The van der Waals surface area contributed by atoms with Crippen molar-refractivity contribution < 1.29 is 4.74 Å². The van der Waals surface area contributed by atoms with Crippen LogP contribution in [-0.2, 0) is 6.42 Å². The molecular formula is C21H37IN4O. The molecule has 0 bridgehead atoms. The van der Waals surface area contributed by atoms with Crippen LogP contribution in [0.4, 0.5) is 0 Å². The highest BCUT2D eigenvalue weighted by atomic mass is 127. The zero-order valence-corrected chi connectivity index (χ0v) is 19.5. The Morgan fingerprint density at radius 3 is 2.70 bits per heavy atom. The molecule has 0 amide bonds. The second kappa shape index (κ2) is 14.0. The molecule has 0 atom stereocenters. The number of hydrogen-bond acceptors (Lipinski definition) is 3. The molecule has 1 aliphatic rings. The van der Waals surface area contributed by atoms with Crippen molar-refractivity contribution in [2.45, 2.75) is 52.0 Å². The molecule has 27 heavy (non-hydrogen) atoms. The smallest absolute Gasteiger partial charge is 0.191 e. The molecule has 1 aliphatic heterocycles. The number of aryl methyl sites for hydroxylation is 1. The normalized spacial score (nSPS) is 15.9. The third-order valence-corrected chi connectivity index (χ3v) is 4.84. The van der Waals surface area contributed by atoms with E-state index in [1.54, 1.807) is 7.11 Å². The van der Waals surface area contributed by atoms with Gasteiger partial charge in [0.2, 0.25) is 0 Å².